The number of halogens is 1. The number of aliphatic hydroxyl groups is 1. The quantitative estimate of drug-likeness (QED) is 0.359. The summed E-state index contributed by atoms with van der Waals surface area (Å²) in [5, 5.41) is 8.88. The number of unbranched alkanes of at least 4 members (excludes halogenated alkanes) is 3. The predicted octanol–water partition coefficient (Wildman–Crippen LogP) is 3.04. The summed E-state index contributed by atoms with van der Waals surface area (Å²) in [6, 6.07) is 12.9. The van der Waals surface area contributed by atoms with Gasteiger partial charge < -0.3 is 14.7 Å². The van der Waals surface area contributed by atoms with Crippen LogP contribution in [0.5, 0.6) is 0 Å². The molecule has 184 valence electrons. The zero-order valence-corrected chi connectivity index (χ0v) is 21.4. The fraction of sp³-hybridized carbons (Fsp3) is 0.417. The van der Waals surface area contributed by atoms with E-state index >= 15 is 0 Å². The van der Waals surface area contributed by atoms with E-state index < -0.39 is 28.6 Å². The van der Waals surface area contributed by atoms with Crippen LogP contribution >= 0.6 is 15.9 Å². The Hall–Kier alpha value is -2.27. The molecule has 0 aliphatic carbocycles. The first kappa shape index (κ1) is 26.3. The van der Waals surface area contributed by atoms with Crippen LogP contribution in [0.25, 0.3) is 11.1 Å². The van der Waals surface area contributed by atoms with Gasteiger partial charge in [0.05, 0.1) is 18.6 Å². The Morgan fingerprint density at radius 2 is 1.62 bits per heavy atom. The van der Waals surface area contributed by atoms with Gasteiger partial charge in [0, 0.05) is 24.2 Å². The molecule has 0 bridgehead atoms. The molecule has 1 N–H and O–H groups in total. The van der Waals surface area contributed by atoms with Crippen molar-refractivity contribution in [3.63, 3.8) is 0 Å². The smallest absolute Gasteiger partial charge is 0.326 e. The molecule has 1 atom stereocenters. The zero-order valence-electron chi connectivity index (χ0n) is 19.0. The lowest BCUT2D eigenvalue weighted by Gasteiger charge is -2.38. The molecule has 0 spiro atoms. The molecule has 2 aromatic carbocycles. The number of nitrogens with zero attached hydrogens (tertiary/aromatic N) is 2. The fourth-order valence-corrected chi connectivity index (χ4v) is 5.69. The first-order valence-corrected chi connectivity index (χ1v) is 13.4. The van der Waals surface area contributed by atoms with E-state index in [1.807, 2.05) is 24.3 Å². The van der Waals surface area contributed by atoms with E-state index in [1.165, 1.54) is 24.1 Å². The molecule has 2 aromatic rings. The fourth-order valence-electron chi connectivity index (χ4n) is 3.91. The SMILES string of the molecule is COC(=O)C1CN(CCCCCCO)C(=O)CN1S(=O)(=O)c1ccc(-c2ccc(Br)cc2)cc1. The Bertz CT molecular complexity index is 1090. The minimum absolute atomic E-state index is 0.00696. The highest BCUT2D eigenvalue weighted by Crippen LogP contribution is 2.27. The average Bonchev–Trinajstić information content (AvgIpc) is 2.84. The van der Waals surface area contributed by atoms with Crippen molar-refractivity contribution in [1.29, 1.82) is 0 Å². The molecule has 1 fully saturated rings. The number of amides is 1. The molecule has 34 heavy (non-hydrogen) atoms. The second-order valence-electron chi connectivity index (χ2n) is 8.10. The van der Waals surface area contributed by atoms with Crippen molar-refractivity contribution in [2.45, 2.75) is 36.6 Å². The van der Waals surface area contributed by atoms with E-state index in [9.17, 15) is 18.0 Å². The van der Waals surface area contributed by atoms with Crippen molar-refractivity contribution in [3.05, 3.63) is 53.0 Å². The maximum Gasteiger partial charge on any atom is 0.326 e. The van der Waals surface area contributed by atoms with E-state index in [0.717, 1.165) is 32.7 Å². The van der Waals surface area contributed by atoms with E-state index in [2.05, 4.69) is 15.9 Å². The molecule has 1 amide bonds. The Kier molecular flexibility index (Phi) is 9.24. The number of carbonyl (C=O) groups excluding carboxylic acids is 2. The number of carbonyl (C=O) groups is 2. The van der Waals surface area contributed by atoms with Gasteiger partial charge in [-0.1, -0.05) is 53.0 Å². The number of esters is 1. The van der Waals surface area contributed by atoms with Crippen molar-refractivity contribution < 1.29 is 27.9 Å². The summed E-state index contributed by atoms with van der Waals surface area (Å²) in [6.07, 6.45) is 3.09. The summed E-state index contributed by atoms with van der Waals surface area (Å²) in [5.41, 5.74) is 1.78. The molecular formula is C24H29BrN2O6S. The van der Waals surface area contributed by atoms with Gasteiger partial charge >= 0.3 is 5.97 Å². The summed E-state index contributed by atoms with van der Waals surface area (Å²) >= 11 is 3.39. The summed E-state index contributed by atoms with van der Waals surface area (Å²) in [6.45, 7) is 0.0758. The first-order chi connectivity index (χ1) is 16.3. The largest absolute Gasteiger partial charge is 0.468 e. The number of ether oxygens (including phenoxy) is 1. The average molecular weight is 553 g/mol. The molecule has 1 aliphatic rings. The number of methoxy groups -OCH3 is 1. The van der Waals surface area contributed by atoms with Crippen molar-refractivity contribution in [2.75, 3.05) is 33.4 Å². The minimum Gasteiger partial charge on any atom is -0.468 e. The van der Waals surface area contributed by atoms with Crippen LogP contribution in [0.1, 0.15) is 25.7 Å². The third-order valence-corrected chi connectivity index (χ3v) is 8.23. The van der Waals surface area contributed by atoms with Gasteiger partial charge in [-0.3, -0.25) is 9.59 Å². The third-order valence-electron chi connectivity index (χ3n) is 5.83. The second kappa shape index (κ2) is 11.9. The lowest BCUT2D eigenvalue weighted by atomic mass is 10.1. The van der Waals surface area contributed by atoms with Gasteiger partial charge in [0.25, 0.3) is 0 Å². The Balaban J connectivity index is 1.78. The number of rotatable bonds is 10. The summed E-state index contributed by atoms with van der Waals surface area (Å²) < 4.78 is 33.6. The third kappa shape index (κ3) is 6.24. The second-order valence-corrected chi connectivity index (χ2v) is 10.9. The maximum absolute atomic E-state index is 13.4. The lowest BCUT2D eigenvalue weighted by Crippen LogP contribution is -2.60. The Morgan fingerprint density at radius 1 is 1.03 bits per heavy atom. The Morgan fingerprint density at radius 3 is 2.21 bits per heavy atom. The molecule has 0 radical (unpaired) electrons. The van der Waals surface area contributed by atoms with Crippen LogP contribution in [0.15, 0.2) is 57.9 Å². The zero-order chi connectivity index (χ0) is 24.7. The summed E-state index contributed by atoms with van der Waals surface area (Å²) in [7, 11) is -2.91. The molecular weight excluding hydrogens is 524 g/mol. The van der Waals surface area contributed by atoms with Gasteiger partial charge in [-0.05, 0) is 48.2 Å². The molecule has 0 aromatic heterocycles. The van der Waals surface area contributed by atoms with E-state index in [1.54, 1.807) is 12.1 Å². The first-order valence-electron chi connectivity index (χ1n) is 11.1. The number of benzene rings is 2. The van der Waals surface area contributed by atoms with Crippen LogP contribution in [0.4, 0.5) is 0 Å². The molecule has 1 aliphatic heterocycles. The van der Waals surface area contributed by atoms with Crippen LogP contribution in [-0.4, -0.2) is 74.0 Å². The van der Waals surface area contributed by atoms with Crippen molar-refractivity contribution in [1.82, 2.24) is 9.21 Å². The highest BCUT2D eigenvalue weighted by molar-refractivity contribution is 9.10. The maximum atomic E-state index is 13.4. The highest BCUT2D eigenvalue weighted by Gasteiger charge is 2.43. The molecule has 10 heteroatoms. The normalized spacial score (nSPS) is 17.1. The van der Waals surface area contributed by atoms with Gasteiger partial charge in [0.1, 0.15) is 6.04 Å². The molecule has 1 saturated heterocycles. The monoisotopic (exact) mass is 552 g/mol. The van der Waals surface area contributed by atoms with Crippen LogP contribution in [-0.2, 0) is 24.3 Å². The van der Waals surface area contributed by atoms with Crippen LogP contribution < -0.4 is 0 Å². The number of hydrogen-bond acceptors (Lipinski definition) is 6. The van der Waals surface area contributed by atoms with Gasteiger partial charge in [-0.2, -0.15) is 4.31 Å². The number of sulfonamides is 1. The van der Waals surface area contributed by atoms with Gasteiger partial charge in [-0.25, -0.2) is 8.42 Å². The minimum atomic E-state index is -4.11. The molecule has 8 nitrogen and oxygen atoms in total. The van der Waals surface area contributed by atoms with Crippen molar-refractivity contribution in [2.24, 2.45) is 0 Å². The van der Waals surface area contributed by atoms with Crippen molar-refractivity contribution >= 4 is 37.8 Å². The lowest BCUT2D eigenvalue weighted by molar-refractivity contribution is -0.151. The van der Waals surface area contributed by atoms with Crippen LogP contribution in [0.2, 0.25) is 0 Å². The summed E-state index contributed by atoms with van der Waals surface area (Å²) in [4.78, 5) is 26.8. The topological polar surface area (TPSA) is 104 Å². The summed E-state index contributed by atoms with van der Waals surface area (Å²) in [5.74, 6) is -1.05. The number of aliphatic hydroxyl groups excluding tert-OH is 1. The van der Waals surface area contributed by atoms with E-state index in [4.69, 9.17) is 9.84 Å². The van der Waals surface area contributed by atoms with Gasteiger partial charge in [0.15, 0.2) is 0 Å². The standard InChI is InChI=1S/C24H29BrN2O6S/c1-33-24(30)22-16-26(14-4-2-3-5-15-28)23(29)17-27(22)34(31,32)21-12-8-19(9-13-21)18-6-10-20(25)11-7-18/h6-13,22,28H,2-5,14-17H2,1H3. The van der Waals surface area contributed by atoms with Crippen molar-refractivity contribution in [3.8, 4) is 11.1 Å². The van der Waals surface area contributed by atoms with E-state index in [0.29, 0.717) is 19.4 Å². The van der Waals surface area contributed by atoms with Crippen LogP contribution in [0.3, 0.4) is 0 Å². The van der Waals surface area contributed by atoms with E-state index in [-0.39, 0.29) is 24.0 Å². The highest BCUT2D eigenvalue weighted by atomic mass is 79.9. The Labute approximate surface area is 208 Å². The molecule has 1 unspecified atom stereocenters. The molecule has 1 heterocycles. The molecule has 3 rings (SSSR count). The van der Waals surface area contributed by atoms with Gasteiger partial charge in [-0.15, -0.1) is 0 Å². The number of piperazine rings is 1. The van der Waals surface area contributed by atoms with Crippen LogP contribution in [0, 0.1) is 0 Å². The van der Waals surface area contributed by atoms with Gasteiger partial charge in [0.2, 0.25) is 15.9 Å². The predicted molar refractivity (Wildman–Crippen MR) is 131 cm³/mol. The molecule has 0 saturated carbocycles. The number of hydrogen-bond donors (Lipinski definition) is 1.